The van der Waals surface area contributed by atoms with Crippen LogP contribution in [-0.2, 0) is 9.59 Å². The van der Waals surface area contributed by atoms with Gasteiger partial charge in [0, 0.05) is 23.3 Å². The van der Waals surface area contributed by atoms with Gasteiger partial charge in [0.2, 0.25) is 5.91 Å². The summed E-state index contributed by atoms with van der Waals surface area (Å²) in [6, 6.07) is -0.0801. The molecule has 3 heteroatoms. The zero-order valence-electron chi connectivity index (χ0n) is 13.2. The molecule has 0 rings (SSSR count). The third kappa shape index (κ3) is 5.65. The van der Waals surface area contributed by atoms with Gasteiger partial charge in [-0.05, 0) is 5.92 Å². The summed E-state index contributed by atoms with van der Waals surface area (Å²) in [5, 5.41) is 3.00. The fourth-order valence-electron chi connectivity index (χ4n) is 1.34. The van der Waals surface area contributed by atoms with E-state index in [-0.39, 0.29) is 29.1 Å². The Morgan fingerprint density at radius 1 is 0.944 bits per heavy atom. The first kappa shape index (κ1) is 17.1. The normalized spacial score (nSPS) is 14.5. The highest BCUT2D eigenvalue weighted by molar-refractivity contribution is 5.86. The quantitative estimate of drug-likeness (QED) is 0.838. The van der Waals surface area contributed by atoms with Gasteiger partial charge >= 0.3 is 0 Å². The topological polar surface area (TPSA) is 46.2 Å². The van der Waals surface area contributed by atoms with E-state index in [9.17, 15) is 9.59 Å². The van der Waals surface area contributed by atoms with Crippen molar-refractivity contribution in [1.29, 1.82) is 0 Å². The molecular weight excluding hydrogens is 226 g/mol. The lowest BCUT2D eigenvalue weighted by molar-refractivity contribution is -0.131. The number of hydrogen-bond donors (Lipinski definition) is 1. The molecule has 0 bridgehead atoms. The van der Waals surface area contributed by atoms with Gasteiger partial charge in [0.25, 0.3) is 0 Å². The van der Waals surface area contributed by atoms with Crippen LogP contribution in [0.25, 0.3) is 0 Å². The van der Waals surface area contributed by atoms with Crippen molar-refractivity contribution in [2.45, 2.75) is 67.9 Å². The van der Waals surface area contributed by atoms with Gasteiger partial charge in [0.15, 0.2) is 0 Å². The number of carbonyl (C=O) groups is 2. The Bertz CT molecular complexity index is 277. The van der Waals surface area contributed by atoms with Crippen LogP contribution in [0.2, 0.25) is 0 Å². The zero-order valence-corrected chi connectivity index (χ0v) is 13.2. The SMILES string of the molecule is CC(C)[C@@H](CC(=O)C(C)(C)C)NC(=O)C(C)(C)C. The fraction of sp³-hybridized carbons (Fsp3) is 0.867. The van der Waals surface area contributed by atoms with Gasteiger partial charge in [-0.3, -0.25) is 9.59 Å². The molecule has 106 valence electrons. The molecule has 0 fully saturated rings. The number of rotatable bonds is 4. The molecule has 0 spiro atoms. The summed E-state index contributed by atoms with van der Waals surface area (Å²) in [6.45, 7) is 15.4. The number of carbonyl (C=O) groups excluding carboxylic acids is 2. The molecule has 0 heterocycles. The minimum Gasteiger partial charge on any atom is -0.352 e. The van der Waals surface area contributed by atoms with Crippen molar-refractivity contribution < 1.29 is 9.59 Å². The molecule has 0 saturated carbocycles. The molecule has 1 atom stereocenters. The third-order valence-corrected chi connectivity index (χ3v) is 3.04. The lowest BCUT2D eigenvalue weighted by Gasteiger charge is -2.28. The van der Waals surface area contributed by atoms with Crippen LogP contribution in [0.1, 0.15) is 61.8 Å². The van der Waals surface area contributed by atoms with E-state index in [1.165, 1.54) is 0 Å². The predicted molar refractivity (Wildman–Crippen MR) is 75.3 cm³/mol. The molecular formula is C15H29NO2. The van der Waals surface area contributed by atoms with Crippen molar-refractivity contribution in [3.63, 3.8) is 0 Å². The van der Waals surface area contributed by atoms with Gasteiger partial charge in [-0.15, -0.1) is 0 Å². The first-order chi connectivity index (χ1) is 7.85. The van der Waals surface area contributed by atoms with Crippen molar-refractivity contribution in [1.82, 2.24) is 5.32 Å². The van der Waals surface area contributed by atoms with Crippen LogP contribution in [0.4, 0.5) is 0 Å². The van der Waals surface area contributed by atoms with Gasteiger partial charge in [0.1, 0.15) is 5.78 Å². The number of ketones is 1. The molecule has 0 aromatic heterocycles. The summed E-state index contributed by atoms with van der Waals surface area (Å²) in [5.41, 5.74) is -0.766. The molecule has 3 nitrogen and oxygen atoms in total. The Balaban J connectivity index is 4.71. The highest BCUT2D eigenvalue weighted by Crippen LogP contribution is 2.21. The van der Waals surface area contributed by atoms with E-state index in [0.717, 1.165) is 0 Å². The molecule has 1 amide bonds. The molecule has 0 aromatic carbocycles. The second kappa shape index (κ2) is 5.85. The largest absolute Gasteiger partial charge is 0.352 e. The van der Waals surface area contributed by atoms with E-state index in [4.69, 9.17) is 0 Å². The summed E-state index contributed by atoms with van der Waals surface area (Å²) in [7, 11) is 0. The standard InChI is InChI=1S/C15H29NO2/c1-10(2)11(9-12(17)14(3,4)5)16-13(18)15(6,7)8/h10-11H,9H2,1-8H3,(H,16,18)/t11-/m1/s1. The first-order valence-electron chi connectivity index (χ1n) is 6.70. The van der Waals surface area contributed by atoms with E-state index < -0.39 is 5.41 Å². The molecule has 1 N–H and O–H groups in total. The maximum atomic E-state index is 12.1. The van der Waals surface area contributed by atoms with Gasteiger partial charge in [-0.25, -0.2) is 0 Å². The molecule has 18 heavy (non-hydrogen) atoms. The number of amides is 1. The number of hydrogen-bond acceptors (Lipinski definition) is 2. The van der Waals surface area contributed by atoms with Crippen molar-refractivity contribution in [3.8, 4) is 0 Å². The molecule has 0 aliphatic rings. The summed E-state index contributed by atoms with van der Waals surface area (Å²) < 4.78 is 0. The second-order valence-electron chi connectivity index (χ2n) is 7.45. The highest BCUT2D eigenvalue weighted by atomic mass is 16.2. The molecule has 0 saturated heterocycles. The lowest BCUT2D eigenvalue weighted by Crippen LogP contribution is -2.46. The van der Waals surface area contributed by atoms with Crippen molar-refractivity contribution >= 4 is 11.7 Å². The van der Waals surface area contributed by atoms with Gasteiger partial charge in [-0.2, -0.15) is 0 Å². The molecule has 0 aliphatic heterocycles. The number of nitrogens with one attached hydrogen (secondary N) is 1. The van der Waals surface area contributed by atoms with E-state index in [0.29, 0.717) is 6.42 Å². The maximum absolute atomic E-state index is 12.1. The Morgan fingerprint density at radius 3 is 1.67 bits per heavy atom. The molecule has 0 unspecified atom stereocenters. The highest BCUT2D eigenvalue weighted by Gasteiger charge is 2.29. The second-order valence-corrected chi connectivity index (χ2v) is 7.45. The smallest absolute Gasteiger partial charge is 0.225 e. The third-order valence-electron chi connectivity index (χ3n) is 3.04. The summed E-state index contributed by atoms with van der Waals surface area (Å²) in [6.07, 6.45) is 0.406. The van der Waals surface area contributed by atoms with Crippen LogP contribution < -0.4 is 5.32 Å². The lowest BCUT2D eigenvalue weighted by atomic mass is 9.84. The average molecular weight is 255 g/mol. The Hall–Kier alpha value is -0.860. The average Bonchev–Trinajstić information content (AvgIpc) is 2.12. The van der Waals surface area contributed by atoms with Crippen LogP contribution in [-0.4, -0.2) is 17.7 Å². The van der Waals surface area contributed by atoms with Gasteiger partial charge in [0.05, 0.1) is 0 Å². The van der Waals surface area contributed by atoms with Gasteiger partial charge < -0.3 is 5.32 Å². The molecule has 0 radical (unpaired) electrons. The van der Waals surface area contributed by atoms with E-state index in [1.54, 1.807) is 0 Å². The minimum atomic E-state index is -0.419. The zero-order chi connectivity index (χ0) is 14.7. The summed E-state index contributed by atoms with van der Waals surface area (Å²) in [5.74, 6) is 0.445. The van der Waals surface area contributed by atoms with E-state index >= 15 is 0 Å². The maximum Gasteiger partial charge on any atom is 0.225 e. The number of Topliss-reactive ketones (excluding diaryl/α,β-unsaturated/α-hetero) is 1. The van der Waals surface area contributed by atoms with Crippen molar-refractivity contribution in [2.24, 2.45) is 16.7 Å². The van der Waals surface area contributed by atoms with Crippen LogP contribution in [0, 0.1) is 16.7 Å². The van der Waals surface area contributed by atoms with Crippen molar-refractivity contribution in [3.05, 3.63) is 0 Å². The van der Waals surface area contributed by atoms with E-state index in [1.807, 2.05) is 55.4 Å². The first-order valence-corrected chi connectivity index (χ1v) is 6.70. The van der Waals surface area contributed by atoms with Crippen LogP contribution >= 0.6 is 0 Å². The predicted octanol–water partition coefficient (Wildman–Crippen LogP) is 3.18. The minimum absolute atomic E-state index is 0.00269. The van der Waals surface area contributed by atoms with Gasteiger partial charge in [-0.1, -0.05) is 55.4 Å². The van der Waals surface area contributed by atoms with Crippen LogP contribution in [0.3, 0.4) is 0 Å². The summed E-state index contributed by atoms with van der Waals surface area (Å²) in [4.78, 5) is 24.0. The van der Waals surface area contributed by atoms with Crippen LogP contribution in [0.5, 0.6) is 0 Å². The van der Waals surface area contributed by atoms with Crippen molar-refractivity contribution in [2.75, 3.05) is 0 Å². The fourth-order valence-corrected chi connectivity index (χ4v) is 1.34. The molecule has 0 aliphatic carbocycles. The summed E-state index contributed by atoms with van der Waals surface area (Å²) >= 11 is 0. The molecule has 0 aromatic rings. The Labute approximate surface area is 112 Å². The Kier molecular flexibility index (Phi) is 5.57. The monoisotopic (exact) mass is 255 g/mol. The van der Waals surface area contributed by atoms with Crippen LogP contribution in [0.15, 0.2) is 0 Å². The van der Waals surface area contributed by atoms with E-state index in [2.05, 4.69) is 5.32 Å². The Morgan fingerprint density at radius 2 is 1.39 bits per heavy atom.